The topological polar surface area (TPSA) is 132 Å². The van der Waals surface area contributed by atoms with Gasteiger partial charge in [0.2, 0.25) is 5.91 Å². The molecule has 2 aromatic carbocycles. The molecule has 0 spiro atoms. The van der Waals surface area contributed by atoms with Crippen LogP contribution in [0.2, 0.25) is 0 Å². The number of amidine groups is 1. The minimum Gasteiger partial charge on any atom is -0.368 e. The van der Waals surface area contributed by atoms with Crippen LogP contribution in [-0.4, -0.2) is 17.1 Å². The maximum absolute atomic E-state index is 11.1. The Morgan fingerprint density at radius 1 is 1.16 bits per heavy atom. The van der Waals surface area contributed by atoms with Crippen molar-refractivity contribution in [3.63, 3.8) is 0 Å². The van der Waals surface area contributed by atoms with Gasteiger partial charge in [-0.15, -0.1) is 0 Å². The minimum absolute atomic E-state index is 0.153. The molecule has 6 N–H and O–H groups in total. The lowest BCUT2D eigenvalue weighted by molar-refractivity contribution is -0.119. The zero-order valence-electron chi connectivity index (χ0n) is 13.6. The van der Waals surface area contributed by atoms with E-state index in [4.69, 9.17) is 22.4 Å². The summed E-state index contributed by atoms with van der Waals surface area (Å²) in [5, 5.41) is 13.0. The van der Waals surface area contributed by atoms with Crippen LogP contribution < -0.4 is 16.5 Å². The average Bonchev–Trinajstić information content (AvgIpc) is 2.62. The third kappa shape index (κ3) is 5.40. The van der Waals surface area contributed by atoms with Gasteiger partial charge < -0.3 is 11.5 Å². The van der Waals surface area contributed by atoms with E-state index in [1.54, 1.807) is 12.1 Å². The molecule has 2 aromatic rings. The Morgan fingerprint density at radius 2 is 1.84 bits per heavy atom. The molecule has 0 aromatic heterocycles. The maximum Gasteiger partial charge on any atom is 0.234 e. The molecule has 0 aliphatic carbocycles. The largest absolute Gasteiger partial charge is 0.368 e. The van der Waals surface area contributed by atoms with Gasteiger partial charge in [-0.25, -0.2) is 0 Å². The lowest BCUT2D eigenvalue weighted by Crippen LogP contribution is -2.38. The first-order chi connectivity index (χ1) is 12.0. The van der Waals surface area contributed by atoms with Crippen molar-refractivity contribution in [1.29, 1.82) is 10.9 Å². The van der Waals surface area contributed by atoms with Crippen molar-refractivity contribution in [2.45, 2.75) is 18.2 Å². The van der Waals surface area contributed by atoms with Gasteiger partial charge >= 0.3 is 0 Å². The van der Waals surface area contributed by atoms with Gasteiger partial charge in [0.25, 0.3) is 0 Å². The molecule has 0 fully saturated rings. The molecular formula is C17H20N6OS. The van der Waals surface area contributed by atoms with Crippen LogP contribution in [0.15, 0.2) is 59.8 Å². The molecule has 1 unspecified atom stereocenters. The molecule has 0 aliphatic heterocycles. The number of nitrogens with two attached hydrogens (primary N) is 2. The predicted octanol–water partition coefficient (Wildman–Crippen LogP) is 2.66. The van der Waals surface area contributed by atoms with Gasteiger partial charge in [-0.1, -0.05) is 59.4 Å². The summed E-state index contributed by atoms with van der Waals surface area (Å²) in [7, 11) is 0. The Morgan fingerprint density at radius 3 is 2.48 bits per heavy atom. The normalized spacial score (nSPS) is 11.6. The van der Waals surface area contributed by atoms with E-state index in [2.05, 4.69) is 5.22 Å². The first-order valence-electron chi connectivity index (χ1n) is 7.58. The molecule has 1 atom stereocenters. The number of carbonyl (C=O) groups excluding carboxylic acids is 1. The highest BCUT2D eigenvalue weighted by molar-refractivity contribution is 8.13. The fraction of sp³-hybridized carbons (Fsp3) is 0.176. The van der Waals surface area contributed by atoms with Gasteiger partial charge in [-0.3, -0.25) is 10.2 Å². The zero-order chi connectivity index (χ0) is 18.2. The fourth-order valence-corrected chi connectivity index (χ4v) is 2.95. The van der Waals surface area contributed by atoms with Crippen molar-refractivity contribution in [3.8, 4) is 0 Å². The summed E-state index contributed by atoms with van der Waals surface area (Å²) in [6, 6.07) is 16.0. The molecule has 0 saturated carbocycles. The number of nitrogens with zero attached hydrogens (tertiary/aromatic N) is 2. The standard InChI is InChI=1S/C17H20N6OS/c18-15(16(19)24)10-12-5-4-6-13(9-12)11-25-17(20)23(22-21)14-7-2-1-3-8-14/h1-9,15,20-21H,10-11,18H2,(H2,19,24). The lowest BCUT2D eigenvalue weighted by Gasteiger charge is -2.17. The number of carbonyl (C=O) groups is 1. The zero-order valence-corrected chi connectivity index (χ0v) is 14.4. The van der Waals surface area contributed by atoms with E-state index in [-0.39, 0.29) is 5.17 Å². The molecule has 7 nitrogen and oxygen atoms in total. The van der Waals surface area contributed by atoms with Crippen molar-refractivity contribution < 1.29 is 4.79 Å². The van der Waals surface area contributed by atoms with Crippen LogP contribution >= 0.6 is 11.8 Å². The Bertz CT molecular complexity index is 752. The van der Waals surface area contributed by atoms with Crippen molar-refractivity contribution >= 4 is 28.5 Å². The number of nitrogens with one attached hydrogen (secondary N) is 2. The van der Waals surface area contributed by atoms with Crippen molar-refractivity contribution in [1.82, 2.24) is 0 Å². The number of hydrogen-bond acceptors (Lipinski definition) is 6. The van der Waals surface area contributed by atoms with Gasteiger partial charge in [0.1, 0.15) is 0 Å². The van der Waals surface area contributed by atoms with Crippen LogP contribution in [0.25, 0.3) is 0 Å². The molecule has 0 aliphatic rings. The summed E-state index contributed by atoms with van der Waals surface area (Å²) < 4.78 is 0. The van der Waals surface area contributed by atoms with Crippen LogP contribution in [0.1, 0.15) is 11.1 Å². The number of hydrogen-bond donors (Lipinski definition) is 4. The SMILES string of the molecule is N=NN(C(=N)SCc1cccc(CC(N)C(N)=O)c1)c1ccccc1. The second-order valence-corrected chi connectivity index (χ2v) is 6.34. The molecule has 130 valence electrons. The molecule has 0 bridgehead atoms. The van der Waals surface area contributed by atoms with E-state index in [1.807, 2.05) is 42.5 Å². The second-order valence-electron chi connectivity index (χ2n) is 5.37. The number of para-hydroxylation sites is 1. The maximum atomic E-state index is 11.1. The molecule has 2 rings (SSSR count). The summed E-state index contributed by atoms with van der Waals surface area (Å²) >= 11 is 1.26. The van der Waals surface area contributed by atoms with Crippen LogP contribution in [0.4, 0.5) is 5.69 Å². The average molecular weight is 356 g/mol. The fourth-order valence-electron chi connectivity index (χ4n) is 2.20. The first-order valence-corrected chi connectivity index (χ1v) is 8.56. The second kappa shape index (κ2) is 8.95. The molecule has 25 heavy (non-hydrogen) atoms. The van der Waals surface area contributed by atoms with Gasteiger partial charge in [-0.05, 0) is 29.7 Å². The molecule has 0 radical (unpaired) electrons. The third-order valence-electron chi connectivity index (χ3n) is 3.48. The number of anilines is 1. The van der Waals surface area contributed by atoms with E-state index in [9.17, 15) is 4.79 Å². The highest BCUT2D eigenvalue weighted by atomic mass is 32.2. The summed E-state index contributed by atoms with van der Waals surface area (Å²) in [4.78, 5) is 11.1. The predicted molar refractivity (Wildman–Crippen MR) is 100 cm³/mol. The van der Waals surface area contributed by atoms with E-state index in [0.29, 0.717) is 17.9 Å². The van der Waals surface area contributed by atoms with Crippen LogP contribution in [0, 0.1) is 10.9 Å². The summed E-state index contributed by atoms with van der Waals surface area (Å²) in [5.41, 5.74) is 20.8. The lowest BCUT2D eigenvalue weighted by atomic mass is 10.0. The molecular weight excluding hydrogens is 336 g/mol. The number of thioether (sulfide) groups is 1. The van der Waals surface area contributed by atoms with Crippen molar-refractivity contribution in [2.24, 2.45) is 16.7 Å². The van der Waals surface area contributed by atoms with Crippen LogP contribution in [-0.2, 0) is 17.0 Å². The Hall–Kier alpha value is -2.71. The van der Waals surface area contributed by atoms with E-state index >= 15 is 0 Å². The Kier molecular flexibility index (Phi) is 6.67. The first kappa shape index (κ1) is 18.6. The van der Waals surface area contributed by atoms with Crippen LogP contribution in [0.3, 0.4) is 0 Å². The molecule has 8 heteroatoms. The summed E-state index contributed by atoms with van der Waals surface area (Å²) in [6.07, 6.45) is 0.378. The highest BCUT2D eigenvalue weighted by Crippen LogP contribution is 2.22. The summed E-state index contributed by atoms with van der Waals surface area (Å²) in [6.45, 7) is 0. The summed E-state index contributed by atoms with van der Waals surface area (Å²) in [5.74, 6) is 0.00858. The van der Waals surface area contributed by atoms with Gasteiger partial charge in [-0.2, -0.15) is 10.5 Å². The van der Waals surface area contributed by atoms with Gasteiger partial charge in [0, 0.05) is 5.75 Å². The number of rotatable bonds is 7. The van der Waals surface area contributed by atoms with E-state index in [0.717, 1.165) is 11.1 Å². The quantitative estimate of drug-likeness (QED) is 0.263. The third-order valence-corrected chi connectivity index (χ3v) is 4.41. The monoisotopic (exact) mass is 356 g/mol. The number of primary amides is 1. The van der Waals surface area contributed by atoms with Crippen molar-refractivity contribution in [3.05, 3.63) is 65.7 Å². The van der Waals surface area contributed by atoms with Gasteiger partial charge in [0.05, 0.1) is 11.7 Å². The molecule has 0 heterocycles. The van der Waals surface area contributed by atoms with Crippen molar-refractivity contribution in [2.75, 3.05) is 5.01 Å². The molecule has 0 saturated heterocycles. The smallest absolute Gasteiger partial charge is 0.234 e. The van der Waals surface area contributed by atoms with E-state index in [1.165, 1.54) is 16.8 Å². The Balaban J connectivity index is 1.99. The van der Waals surface area contributed by atoms with E-state index < -0.39 is 11.9 Å². The van der Waals surface area contributed by atoms with Crippen LogP contribution in [0.5, 0.6) is 0 Å². The molecule has 1 amide bonds. The highest BCUT2D eigenvalue weighted by Gasteiger charge is 2.13. The minimum atomic E-state index is -0.711. The number of amides is 1. The van der Waals surface area contributed by atoms with Gasteiger partial charge in [0.15, 0.2) is 5.17 Å². The Labute approximate surface area is 150 Å². The number of benzene rings is 2.